The molecule has 88 valence electrons. The van der Waals surface area contributed by atoms with E-state index < -0.39 is 11.9 Å². The van der Waals surface area contributed by atoms with Crippen LogP contribution >= 0.6 is 0 Å². The first-order valence-corrected chi connectivity index (χ1v) is 5.24. The molecule has 6 heteroatoms. The Morgan fingerprint density at radius 1 is 1.56 bits per heavy atom. The maximum Gasteiger partial charge on any atom is 0.186 e. The molecule has 0 spiro atoms. The minimum Gasteiger partial charge on any atom is -0.388 e. The molecule has 1 aromatic heterocycles. The highest BCUT2D eigenvalue weighted by atomic mass is 19.1. The van der Waals surface area contributed by atoms with Crippen LogP contribution in [0.4, 0.5) is 10.2 Å². The van der Waals surface area contributed by atoms with Gasteiger partial charge in [0.1, 0.15) is 6.33 Å². The molecule has 2 rings (SSSR count). The fourth-order valence-electron chi connectivity index (χ4n) is 1.61. The molecular weight excluding hydrogens is 213 g/mol. The van der Waals surface area contributed by atoms with Gasteiger partial charge >= 0.3 is 0 Å². The zero-order valence-electron chi connectivity index (χ0n) is 8.98. The first-order chi connectivity index (χ1) is 7.72. The lowest BCUT2D eigenvalue weighted by Gasteiger charge is -2.15. The number of hydrogen-bond acceptors (Lipinski definition) is 5. The number of nitrogens with zero attached hydrogens (tertiary/aromatic N) is 2. The molecule has 0 radical (unpaired) electrons. The molecule has 0 bridgehead atoms. The van der Waals surface area contributed by atoms with Gasteiger partial charge < -0.3 is 15.2 Å². The van der Waals surface area contributed by atoms with Gasteiger partial charge in [-0.1, -0.05) is 6.92 Å². The third-order valence-electron chi connectivity index (χ3n) is 2.57. The topological polar surface area (TPSA) is 67.3 Å². The van der Waals surface area contributed by atoms with Crippen LogP contribution in [0.25, 0.3) is 0 Å². The molecule has 1 saturated heterocycles. The summed E-state index contributed by atoms with van der Waals surface area (Å²) >= 11 is 0. The van der Waals surface area contributed by atoms with Crippen molar-refractivity contribution >= 4 is 5.82 Å². The lowest BCUT2D eigenvalue weighted by atomic mass is 10.2. The van der Waals surface area contributed by atoms with Gasteiger partial charge in [-0.15, -0.1) is 0 Å². The van der Waals surface area contributed by atoms with Crippen molar-refractivity contribution in [1.29, 1.82) is 0 Å². The van der Waals surface area contributed by atoms with Gasteiger partial charge in [0, 0.05) is 0 Å². The van der Waals surface area contributed by atoms with E-state index in [0.717, 1.165) is 0 Å². The summed E-state index contributed by atoms with van der Waals surface area (Å²) in [6.45, 7) is 2.44. The van der Waals surface area contributed by atoms with Crippen molar-refractivity contribution in [1.82, 2.24) is 9.97 Å². The maximum atomic E-state index is 13.7. The highest BCUT2D eigenvalue weighted by molar-refractivity contribution is 5.39. The Morgan fingerprint density at radius 3 is 3.00 bits per heavy atom. The van der Waals surface area contributed by atoms with E-state index >= 15 is 0 Å². The zero-order valence-corrected chi connectivity index (χ0v) is 8.98. The predicted octanol–water partition coefficient (Wildman–Crippen LogP) is 0.350. The van der Waals surface area contributed by atoms with Gasteiger partial charge in [0.25, 0.3) is 0 Å². The fourth-order valence-corrected chi connectivity index (χ4v) is 1.61. The van der Waals surface area contributed by atoms with E-state index in [4.69, 9.17) is 4.74 Å². The number of halogens is 1. The molecule has 0 saturated carbocycles. The highest BCUT2D eigenvalue weighted by Crippen LogP contribution is 2.17. The molecule has 0 aliphatic carbocycles. The molecule has 2 N–H and O–H groups in total. The summed E-state index contributed by atoms with van der Waals surface area (Å²) in [5.74, 6) is -0.328. The summed E-state index contributed by atoms with van der Waals surface area (Å²) in [5.41, 5.74) is 0.367. The van der Waals surface area contributed by atoms with Crippen LogP contribution < -0.4 is 5.32 Å². The summed E-state index contributed by atoms with van der Waals surface area (Å²) in [5, 5.41) is 12.3. The minimum atomic E-state index is -0.626. The van der Waals surface area contributed by atoms with E-state index in [-0.39, 0.29) is 18.5 Å². The Morgan fingerprint density at radius 2 is 2.38 bits per heavy atom. The second-order valence-corrected chi connectivity index (χ2v) is 3.69. The maximum absolute atomic E-state index is 13.7. The van der Waals surface area contributed by atoms with E-state index in [0.29, 0.717) is 18.7 Å². The monoisotopic (exact) mass is 227 g/mol. The Kier molecular flexibility index (Phi) is 3.31. The van der Waals surface area contributed by atoms with Crippen molar-refractivity contribution in [2.24, 2.45) is 0 Å². The van der Waals surface area contributed by atoms with Gasteiger partial charge in [-0.05, 0) is 6.42 Å². The van der Waals surface area contributed by atoms with Crippen LogP contribution in [0.15, 0.2) is 6.33 Å². The number of ether oxygens (including phenoxy) is 1. The molecule has 1 aliphatic heterocycles. The SMILES string of the molecule is CCc1ncnc(N[C@@H]2COC[C@H]2O)c1F. The molecule has 1 fully saturated rings. The number of aliphatic hydroxyl groups is 1. The number of aromatic nitrogens is 2. The molecule has 0 aromatic carbocycles. The second-order valence-electron chi connectivity index (χ2n) is 3.69. The van der Waals surface area contributed by atoms with Gasteiger partial charge in [0.05, 0.1) is 31.1 Å². The van der Waals surface area contributed by atoms with Crippen molar-refractivity contribution in [3.05, 3.63) is 17.8 Å². The summed E-state index contributed by atoms with van der Waals surface area (Å²) < 4.78 is 18.8. The largest absolute Gasteiger partial charge is 0.388 e. The van der Waals surface area contributed by atoms with Crippen molar-refractivity contribution < 1.29 is 14.2 Å². The molecule has 1 aliphatic rings. The second kappa shape index (κ2) is 4.71. The fraction of sp³-hybridized carbons (Fsp3) is 0.600. The molecular formula is C10H14FN3O2. The van der Waals surface area contributed by atoms with Crippen LogP contribution in [0, 0.1) is 5.82 Å². The molecule has 0 amide bonds. The Labute approximate surface area is 92.7 Å². The number of hydrogen-bond donors (Lipinski definition) is 2. The molecule has 16 heavy (non-hydrogen) atoms. The lowest BCUT2D eigenvalue weighted by Crippen LogP contribution is -2.32. The number of rotatable bonds is 3. The minimum absolute atomic E-state index is 0.126. The van der Waals surface area contributed by atoms with E-state index in [9.17, 15) is 9.50 Å². The average molecular weight is 227 g/mol. The van der Waals surface area contributed by atoms with Crippen molar-refractivity contribution in [3.63, 3.8) is 0 Å². The molecule has 2 atom stereocenters. The number of anilines is 1. The zero-order chi connectivity index (χ0) is 11.5. The first kappa shape index (κ1) is 11.2. The van der Waals surface area contributed by atoms with Crippen LogP contribution in [0.2, 0.25) is 0 Å². The van der Waals surface area contributed by atoms with E-state index in [1.807, 2.05) is 6.92 Å². The van der Waals surface area contributed by atoms with Gasteiger partial charge in [-0.2, -0.15) is 0 Å². The van der Waals surface area contributed by atoms with Crippen LogP contribution in [0.1, 0.15) is 12.6 Å². The van der Waals surface area contributed by atoms with Gasteiger partial charge in [-0.3, -0.25) is 0 Å². The van der Waals surface area contributed by atoms with Crippen molar-refractivity contribution in [2.75, 3.05) is 18.5 Å². The number of nitrogens with one attached hydrogen (secondary N) is 1. The van der Waals surface area contributed by atoms with E-state index in [1.54, 1.807) is 0 Å². The number of aliphatic hydroxyl groups excluding tert-OH is 1. The van der Waals surface area contributed by atoms with Crippen LogP contribution in [0.5, 0.6) is 0 Å². The molecule has 0 unspecified atom stereocenters. The predicted molar refractivity (Wildman–Crippen MR) is 55.6 cm³/mol. The molecule has 5 nitrogen and oxygen atoms in total. The average Bonchev–Trinajstić information content (AvgIpc) is 2.68. The van der Waals surface area contributed by atoms with E-state index in [1.165, 1.54) is 6.33 Å². The summed E-state index contributed by atoms with van der Waals surface area (Å²) in [7, 11) is 0. The summed E-state index contributed by atoms with van der Waals surface area (Å²) in [6.07, 6.45) is 1.19. The normalized spacial score (nSPS) is 24.7. The van der Waals surface area contributed by atoms with Gasteiger partial charge in [-0.25, -0.2) is 14.4 Å². The molecule has 1 aromatic rings. The Bertz CT molecular complexity index is 375. The highest BCUT2D eigenvalue weighted by Gasteiger charge is 2.27. The summed E-state index contributed by atoms with van der Waals surface area (Å²) in [4.78, 5) is 7.65. The van der Waals surface area contributed by atoms with Gasteiger partial charge in [0.2, 0.25) is 0 Å². The number of aryl methyl sites for hydroxylation is 1. The lowest BCUT2D eigenvalue weighted by molar-refractivity contribution is 0.125. The summed E-state index contributed by atoms with van der Waals surface area (Å²) in [6, 6.07) is -0.311. The van der Waals surface area contributed by atoms with Gasteiger partial charge in [0.15, 0.2) is 11.6 Å². The Hall–Kier alpha value is -1.27. The van der Waals surface area contributed by atoms with Crippen molar-refractivity contribution in [3.8, 4) is 0 Å². The van der Waals surface area contributed by atoms with Crippen LogP contribution in [0.3, 0.4) is 0 Å². The Balaban J connectivity index is 2.14. The van der Waals surface area contributed by atoms with E-state index in [2.05, 4.69) is 15.3 Å². The third kappa shape index (κ3) is 2.12. The third-order valence-corrected chi connectivity index (χ3v) is 2.57. The standard InChI is InChI=1S/C10H14FN3O2/c1-2-6-9(11)10(13-5-12-6)14-7-3-16-4-8(7)15/h5,7-8,15H,2-4H2,1H3,(H,12,13,14)/t7-,8-/m1/s1. The smallest absolute Gasteiger partial charge is 0.186 e. The van der Waals surface area contributed by atoms with Crippen molar-refractivity contribution in [2.45, 2.75) is 25.5 Å². The first-order valence-electron chi connectivity index (χ1n) is 5.24. The van der Waals surface area contributed by atoms with Crippen LogP contribution in [-0.2, 0) is 11.2 Å². The van der Waals surface area contributed by atoms with Crippen LogP contribution in [-0.4, -0.2) is 40.4 Å². The quantitative estimate of drug-likeness (QED) is 0.780. The molecule has 2 heterocycles.